The van der Waals surface area contributed by atoms with E-state index < -0.39 is 5.60 Å². The maximum atomic E-state index is 12.3. The zero-order valence-corrected chi connectivity index (χ0v) is 11.6. The molecule has 1 heterocycles. The summed E-state index contributed by atoms with van der Waals surface area (Å²) in [5, 5.41) is 9.88. The van der Waals surface area contributed by atoms with Gasteiger partial charge in [-0.25, -0.2) is 0 Å². The lowest BCUT2D eigenvalue weighted by atomic mass is 10.1. The number of carbonyl (C=O) groups is 1. The first-order valence-electron chi connectivity index (χ1n) is 5.67. The minimum atomic E-state index is -0.744. The number of hydrogen-bond donors (Lipinski definition) is 1. The van der Waals surface area contributed by atoms with Gasteiger partial charge in [0, 0.05) is 17.6 Å². The quantitative estimate of drug-likeness (QED) is 0.864. The van der Waals surface area contributed by atoms with E-state index in [2.05, 4.69) is 15.9 Å². The Kier molecular flexibility index (Phi) is 3.27. The van der Waals surface area contributed by atoms with Crippen LogP contribution >= 0.6 is 15.9 Å². The lowest BCUT2D eigenvalue weighted by molar-refractivity contribution is 0.0571. The summed E-state index contributed by atoms with van der Waals surface area (Å²) in [5.41, 5.74) is 0.968. The van der Waals surface area contributed by atoms with Gasteiger partial charge in [-0.1, -0.05) is 12.1 Å². The number of benzene rings is 1. The molecule has 1 saturated heterocycles. The molecule has 0 aliphatic carbocycles. The van der Waals surface area contributed by atoms with Crippen molar-refractivity contribution in [1.82, 2.24) is 4.90 Å². The molecule has 0 radical (unpaired) electrons. The summed E-state index contributed by atoms with van der Waals surface area (Å²) in [7, 11) is 0. The summed E-state index contributed by atoms with van der Waals surface area (Å²) < 4.78 is 0.844. The van der Waals surface area contributed by atoms with Crippen molar-refractivity contribution in [3.8, 4) is 0 Å². The molecular weight excluding hydrogens is 282 g/mol. The topological polar surface area (TPSA) is 40.5 Å². The maximum Gasteiger partial charge on any atom is 0.255 e. The van der Waals surface area contributed by atoms with Crippen molar-refractivity contribution in [2.75, 3.05) is 13.1 Å². The average Bonchev–Trinajstić information content (AvgIpc) is 2.62. The van der Waals surface area contributed by atoms with Crippen molar-refractivity contribution in [1.29, 1.82) is 0 Å². The first-order valence-corrected chi connectivity index (χ1v) is 6.47. The van der Waals surface area contributed by atoms with Crippen molar-refractivity contribution in [3.05, 3.63) is 33.8 Å². The van der Waals surface area contributed by atoms with Crippen LogP contribution in [-0.4, -0.2) is 34.6 Å². The fourth-order valence-electron chi connectivity index (χ4n) is 2.10. The number of carbonyl (C=O) groups excluding carboxylic acids is 1. The Balaban J connectivity index is 2.24. The van der Waals surface area contributed by atoms with Crippen molar-refractivity contribution in [2.24, 2.45) is 0 Å². The molecule has 1 aromatic carbocycles. The number of halogens is 1. The summed E-state index contributed by atoms with van der Waals surface area (Å²) >= 11 is 3.45. The Morgan fingerprint density at radius 3 is 2.82 bits per heavy atom. The zero-order chi connectivity index (χ0) is 12.6. The Morgan fingerprint density at radius 1 is 1.53 bits per heavy atom. The Bertz CT molecular complexity index is 457. The first kappa shape index (κ1) is 12.6. The van der Waals surface area contributed by atoms with Crippen molar-refractivity contribution in [2.45, 2.75) is 25.9 Å². The van der Waals surface area contributed by atoms with Gasteiger partial charge in [0.15, 0.2) is 0 Å². The molecule has 1 atom stereocenters. The van der Waals surface area contributed by atoms with Crippen LogP contribution in [0.5, 0.6) is 0 Å². The van der Waals surface area contributed by atoms with Crippen LogP contribution in [-0.2, 0) is 0 Å². The molecule has 1 aliphatic heterocycles. The number of aliphatic hydroxyl groups is 1. The van der Waals surface area contributed by atoms with Gasteiger partial charge in [0.1, 0.15) is 0 Å². The predicted octanol–water partition coefficient (Wildman–Crippen LogP) is 2.35. The largest absolute Gasteiger partial charge is 0.388 e. The SMILES string of the molecule is Cc1cccc(C(=O)N2CCC(C)(O)C2)c1Br. The van der Waals surface area contributed by atoms with Gasteiger partial charge in [-0.3, -0.25) is 4.79 Å². The fraction of sp³-hybridized carbons (Fsp3) is 0.462. The fourth-order valence-corrected chi connectivity index (χ4v) is 2.54. The third-order valence-electron chi connectivity index (χ3n) is 3.16. The van der Waals surface area contributed by atoms with Crippen molar-refractivity contribution in [3.63, 3.8) is 0 Å². The van der Waals surface area contributed by atoms with Crippen LogP contribution in [0.15, 0.2) is 22.7 Å². The van der Waals surface area contributed by atoms with Gasteiger partial charge in [-0.15, -0.1) is 0 Å². The Labute approximate surface area is 110 Å². The summed E-state index contributed by atoms with van der Waals surface area (Å²) in [4.78, 5) is 14.0. The van der Waals surface area contributed by atoms with E-state index in [0.29, 0.717) is 25.1 Å². The normalized spacial score (nSPS) is 24.1. The highest BCUT2D eigenvalue weighted by atomic mass is 79.9. The van der Waals surface area contributed by atoms with Crippen LogP contribution in [0.3, 0.4) is 0 Å². The molecule has 1 N–H and O–H groups in total. The number of nitrogens with zero attached hydrogens (tertiary/aromatic N) is 1. The van der Waals surface area contributed by atoms with Crippen LogP contribution in [0.4, 0.5) is 0 Å². The van der Waals surface area contributed by atoms with Crippen LogP contribution < -0.4 is 0 Å². The average molecular weight is 298 g/mol. The molecule has 1 unspecified atom stereocenters. The van der Waals surface area contributed by atoms with Crippen LogP contribution in [0.1, 0.15) is 29.3 Å². The highest BCUT2D eigenvalue weighted by Gasteiger charge is 2.34. The lowest BCUT2D eigenvalue weighted by Crippen LogP contribution is -2.34. The van der Waals surface area contributed by atoms with Gasteiger partial charge in [0.2, 0.25) is 0 Å². The van der Waals surface area contributed by atoms with E-state index in [-0.39, 0.29) is 5.91 Å². The van der Waals surface area contributed by atoms with E-state index >= 15 is 0 Å². The highest BCUT2D eigenvalue weighted by molar-refractivity contribution is 9.10. The Hall–Kier alpha value is -0.870. The molecule has 0 saturated carbocycles. The monoisotopic (exact) mass is 297 g/mol. The van der Waals surface area contributed by atoms with E-state index in [9.17, 15) is 9.90 Å². The highest BCUT2D eigenvalue weighted by Crippen LogP contribution is 2.26. The standard InChI is InChI=1S/C13H16BrNO2/c1-9-4-3-5-10(11(9)14)12(16)15-7-6-13(2,17)8-15/h3-5,17H,6-8H2,1-2H3. The number of hydrogen-bond acceptors (Lipinski definition) is 2. The summed E-state index contributed by atoms with van der Waals surface area (Å²) in [6, 6.07) is 5.65. The molecule has 92 valence electrons. The number of aryl methyl sites for hydroxylation is 1. The van der Waals surface area contributed by atoms with Crippen LogP contribution in [0, 0.1) is 6.92 Å². The van der Waals surface area contributed by atoms with Crippen molar-refractivity contribution < 1.29 is 9.90 Å². The molecule has 2 rings (SSSR count). The first-order chi connectivity index (χ1) is 7.91. The minimum absolute atomic E-state index is 0.0154. The second-order valence-corrected chi connectivity index (χ2v) is 5.70. The van der Waals surface area contributed by atoms with Gasteiger partial charge in [0.25, 0.3) is 5.91 Å². The summed E-state index contributed by atoms with van der Waals surface area (Å²) in [6.07, 6.45) is 0.641. The van der Waals surface area contributed by atoms with Gasteiger partial charge in [-0.2, -0.15) is 0 Å². The molecule has 1 fully saturated rings. The Morgan fingerprint density at radius 2 is 2.24 bits per heavy atom. The van der Waals surface area contributed by atoms with Crippen molar-refractivity contribution >= 4 is 21.8 Å². The van der Waals surface area contributed by atoms with Crippen LogP contribution in [0.25, 0.3) is 0 Å². The number of β-amino-alcohol motifs (C(OH)–C–C–N with tert-alkyl or cyclic N) is 1. The van der Waals surface area contributed by atoms with E-state index in [1.54, 1.807) is 11.8 Å². The molecule has 1 aliphatic rings. The molecule has 1 aromatic rings. The molecule has 3 nitrogen and oxygen atoms in total. The summed E-state index contributed by atoms with van der Waals surface area (Å²) in [5.74, 6) is -0.0154. The van der Waals surface area contributed by atoms with E-state index in [1.807, 2.05) is 25.1 Å². The predicted molar refractivity (Wildman–Crippen MR) is 70.0 cm³/mol. The molecule has 1 amide bonds. The number of likely N-dealkylation sites (tertiary alicyclic amines) is 1. The lowest BCUT2D eigenvalue weighted by Gasteiger charge is -2.20. The number of rotatable bonds is 1. The molecule has 0 aromatic heterocycles. The maximum absolute atomic E-state index is 12.3. The van der Waals surface area contributed by atoms with E-state index in [0.717, 1.165) is 10.0 Å². The minimum Gasteiger partial charge on any atom is -0.388 e. The second-order valence-electron chi connectivity index (χ2n) is 4.91. The molecule has 0 bridgehead atoms. The summed E-state index contributed by atoms with van der Waals surface area (Å²) in [6.45, 7) is 4.75. The third-order valence-corrected chi connectivity index (χ3v) is 4.21. The number of amides is 1. The van der Waals surface area contributed by atoms with Gasteiger partial charge in [0.05, 0.1) is 11.2 Å². The smallest absolute Gasteiger partial charge is 0.255 e. The second kappa shape index (κ2) is 4.42. The van der Waals surface area contributed by atoms with Crippen LogP contribution in [0.2, 0.25) is 0 Å². The van der Waals surface area contributed by atoms with E-state index in [1.165, 1.54) is 0 Å². The molecular formula is C13H16BrNO2. The molecule has 4 heteroatoms. The van der Waals surface area contributed by atoms with Gasteiger partial charge >= 0.3 is 0 Å². The van der Waals surface area contributed by atoms with Gasteiger partial charge < -0.3 is 10.0 Å². The molecule has 0 spiro atoms. The zero-order valence-electron chi connectivity index (χ0n) is 10.0. The van der Waals surface area contributed by atoms with Gasteiger partial charge in [-0.05, 0) is 47.8 Å². The van der Waals surface area contributed by atoms with E-state index in [4.69, 9.17) is 0 Å². The third kappa shape index (κ3) is 2.53. The molecule has 17 heavy (non-hydrogen) atoms.